The van der Waals surface area contributed by atoms with Gasteiger partial charge in [0.15, 0.2) is 6.61 Å². The predicted octanol–water partition coefficient (Wildman–Crippen LogP) is 3.10. The van der Waals surface area contributed by atoms with Crippen LogP contribution in [-0.4, -0.2) is 34.6 Å². The van der Waals surface area contributed by atoms with Crippen LogP contribution >= 0.6 is 22.9 Å². The van der Waals surface area contributed by atoms with E-state index in [1.54, 1.807) is 25.1 Å². The average Bonchev–Trinajstić information content (AvgIpc) is 3.01. The van der Waals surface area contributed by atoms with E-state index < -0.39 is 18.5 Å². The first-order chi connectivity index (χ1) is 12.8. The average molecular weight is 411 g/mol. The Kier molecular flexibility index (Phi) is 7.68. The lowest BCUT2D eigenvalue weighted by atomic mass is 10.2. The van der Waals surface area contributed by atoms with Gasteiger partial charge < -0.3 is 15.4 Å². The number of anilines is 2. The van der Waals surface area contributed by atoms with Gasteiger partial charge in [0.05, 0.1) is 0 Å². The second-order valence-electron chi connectivity index (χ2n) is 5.70. The highest BCUT2D eigenvalue weighted by Crippen LogP contribution is 2.20. The molecule has 1 aromatic carbocycles. The molecule has 0 saturated carbocycles. The van der Waals surface area contributed by atoms with Crippen LogP contribution < -0.4 is 10.6 Å². The first-order valence-corrected chi connectivity index (χ1v) is 9.34. The number of nitrogens with one attached hydrogen (secondary N) is 2. The zero-order valence-corrected chi connectivity index (χ0v) is 16.4. The molecule has 0 aliphatic heterocycles. The van der Waals surface area contributed by atoms with Gasteiger partial charge in [-0.3, -0.25) is 14.4 Å². The third kappa shape index (κ3) is 7.32. The molecule has 2 rings (SSSR count). The van der Waals surface area contributed by atoms with Crippen LogP contribution in [0.5, 0.6) is 0 Å². The lowest BCUT2D eigenvalue weighted by molar-refractivity contribution is -0.147. The van der Waals surface area contributed by atoms with Crippen LogP contribution in [0.25, 0.3) is 0 Å². The van der Waals surface area contributed by atoms with Crippen molar-refractivity contribution in [1.29, 1.82) is 0 Å². The minimum absolute atomic E-state index is 0.0338. The van der Waals surface area contributed by atoms with E-state index in [0.717, 1.165) is 10.6 Å². The predicted molar refractivity (Wildman–Crippen MR) is 103 cm³/mol. The Balaban J connectivity index is 1.64. The highest BCUT2D eigenvalue weighted by molar-refractivity contribution is 7.15. The maximum absolute atomic E-state index is 11.9. The summed E-state index contributed by atoms with van der Waals surface area (Å²) in [6.07, 6.45) is 0.477. The number of carbonyl (C=O) groups is 3. The van der Waals surface area contributed by atoms with E-state index >= 15 is 0 Å². The fourth-order valence-corrected chi connectivity index (χ4v) is 2.84. The Hall–Kier alpha value is -2.52. The van der Waals surface area contributed by atoms with Gasteiger partial charge >= 0.3 is 5.97 Å². The number of halogens is 1. The normalized spacial score (nSPS) is 10.3. The number of carbonyl (C=O) groups excluding carboxylic acids is 3. The quantitative estimate of drug-likeness (QED) is 0.647. The molecule has 0 saturated heterocycles. The van der Waals surface area contributed by atoms with Crippen molar-refractivity contribution in [2.75, 3.05) is 17.2 Å². The molecule has 0 bridgehead atoms. The Morgan fingerprint density at radius 1 is 1.11 bits per heavy atom. The van der Waals surface area contributed by atoms with E-state index in [-0.39, 0.29) is 18.7 Å². The van der Waals surface area contributed by atoms with Crippen LogP contribution in [0.15, 0.2) is 18.2 Å². The van der Waals surface area contributed by atoms with E-state index in [2.05, 4.69) is 20.8 Å². The smallest absolute Gasteiger partial charge is 0.306 e. The highest BCUT2D eigenvalue weighted by atomic mass is 35.5. The minimum atomic E-state index is -0.549. The molecule has 10 heteroatoms. The number of esters is 1. The SMILES string of the molecule is Cc1nnc(NC(=O)CCCC(=O)OCC(=O)Nc2cc(Cl)ccc2C)s1. The number of hydrogen-bond donors (Lipinski definition) is 2. The summed E-state index contributed by atoms with van der Waals surface area (Å²) in [4.78, 5) is 35.3. The van der Waals surface area contributed by atoms with Crippen molar-refractivity contribution < 1.29 is 19.1 Å². The lowest BCUT2D eigenvalue weighted by Gasteiger charge is -2.09. The molecule has 2 aromatic rings. The number of benzene rings is 1. The van der Waals surface area contributed by atoms with Gasteiger partial charge in [0.2, 0.25) is 11.0 Å². The molecule has 8 nitrogen and oxygen atoms in total. The molecule has 0 unspecified atom stereocenters. The van der Waals surface area contributed by atoms with Gasteiger partial charge in [0, 0.05) is 23.6 Å². The highest BCUT2D eigenvalue weighted by Gasteiger charge is 2.11. The second-order valence-corrected chi connectivity index (χ2v) is 7.31. The topological polar surface area (TPSA) is 110 Å². The van der Waals surface area contributed by atoms with Crippen molar-refractivity contribution >= 4 is 51.5 Å². The molecule has 1 heterocycles. The molecule has 1 aromatic heterocycles. The molecule has 0 radical (unpaired) electrons. The number of hydrogen-bond acceptors (Lipinski definition) is 7. The number of amides is 2. The number of nitrogens with zero attached hydrogens (tertiary/aromatic N) is 2. The van der Waals surface area contributed by atoms with Crippen LogP contribution in [-0.2, 0) is 19.1 Å². The van der Waals surface area contributed by atoms with E-state index in [4.69, 9.17) is 16.3 Å². The molecule has 144 valence electrons. The van der Waals surface area contributed by atoms with Crippen LogP contribution in [0.1, 0.15) is 29.8 Å². The van der Waals surface area contributed by atoms with Crippen molar-refractivity contribution in [2.45, 2.75) is 33.1 Å². The molecule has 0 aliphatic rings. The number of rotatable bonds is 8. The van der Waals surface area contributed by atoms with Crippen molar-refractivity contribution in [3.05, 3.63) is 33.8 Å². The van der Waals surface area contributed by atoms with Crippen LogP contribution in [0.3, 0.4) is 0 Å². The summed E-state index contributed by atoms with van der Waals surface area (Å²) in [7, 11) is 0. The fourth-order valence-electron chi connectivity index (χ4n) is 2.06. The summed E-state index contributed by atoms with van der Waals surface area (Å²) < 4.78 is 4.91. The van der Waals surface area contributed by atoms with E-state index in [1.807, 2.05) is 6.92 Å². The molecule has 0 aliphatic carbocycles. The van der Waals surface area contributed by atoms with E-state index in [0.29, 0.717) is 22.3 Å². The number of aromatic nitrogens is 2. The standard InChI is InChI=1S/C17H19ClN4O4S/c1-10-6-7-12(18)8-13(10)19-15(24)9-26-16(25)5-3-4-14(23)20-17-22-21-11(2)27-17/h6-8H,3-5,9H2,1-2H3,(H,19,24)(H,20,22,23). The Morgan fingerprint density at radius 3 is 2.59 bits per heavy atom. The summed E-state index contributed by atoms with van der Waals surface area (Å²) >= 11 is 7.16. The summed E-state index contributed by atoms with van der Waals surface area (Å²) in [5, 5.41) is 14.5. The van der Waals surface area contributed by atoms with Gasteiger partial charge in [-0.2, -0.15) is 0 Å². The van der Waals surface area contributed by atoms with Crippen molar-refractivity contribution in [1.82, 2.24) is 10.2 Å². The van der Waals surface area contributed by atoms with Crippen molar-refractivity contribution in [2.24, 2.45) is 0 Å². The van der Waals surface area contributed by atoms with Gasteiger partial charge in [0.25, 0.3) is 5.91 Å². The first-order valence-electron chi connectivity index (χ1n) is 8.15. The zero-order chi connectivity index (χ0) is 19.8. The van der Waals surface area contributed by atoms with Gasteiger partial charge in [-0.1, -0.05) is 29.0 Å². The number of ether oxygens (including phenoxy) is 1. The third-order valence-corrected chi connectivity index (χ3v) is 4.38. The molecule has 0 fully saturated rings. The van der Waals surface area contributed by atoms with E-state index in [1.165, 1.54) is 11.3 Å². The first kappa shape index (κ1) is 20.8. The summed E-state index contributed by atoms with van der Waals surface area (Å²) in [6, 6.07) is 5.11. The summed E-state index contributed by atoms with van der Waals surface area (Å²) in [5.41, 5.74) is 1.41. The maximum atomic E-state index is 11.9. The van der Waals surface area contributed by atoms with E-state index in [9.17, 15) is 14.4 Å². The zero-order valence-electron chi connectivity index (χ0n) is 14.9. The Bertz CT molecular complexity index is 840. The van der Waals surface area contributed by atoms with Gasteiger partial charge in [0.1, 0.15) is 5.01 Å². The monoisotopic (exact) mass is 410 g/mol. The minimum Gasteiger partial charge on any atom is -0.456 e. The van der Waals surface area contributed by atoms with Crippen molar-refractivity contribution in [3.63, 3.8) is 0 Å². The second kappa shape index (κ2) is 9.98. The molecule has 0 spiro atoms. The molecular weight excluding hydrogens is 392 g/mol. The number of aryl methyl sites for hydroxylation is 2. The molecular formula is C17H19ClN4O4S. The molecule has 2 amide bonds. The summed E-state index contributed by atoms with van der Waals surface area (Å²) in [5.74, 6) is -1.27. The fraction of sp³-hybridized carbons (Fsp3) is 0.353. The Labute approximate surface area is 165 Å². The van der Waals surface area contributed by atoms with Gasteiger partial charge in [-0.15, -0.1) is 10.2 Å². The van der Waals surface area contributed by atoms with Crippen LogP contribution in [0.2, 0.25) is 5.02 Å². The maximum Gasteiger partial charge on any atom is 0.306 e. The lowest BCUT2D eigenvalue weighted by Crippen LogP contribution is -2.21. The molecule has 0 atom stereocenters. The molecule has 2 N–H and O–H groups in total. The van der Waals surface area contributed by atoms with Gasteiger partial charge in [-0.25, -0.2) is 0 Å². The van der Waals surface area contributed by atoms with Crippen LogP contribution in [0.4, 0.5) is 10.8 Å². The molecule has 27 heavy (non-hydrogen) atoms. The van der Waals surface area contributed by atoms with Gasteiger partial charge in [-0.05, 0) is 38.0 Å². The summed E-state index contributed by atoms with van der Waals surface area (Å²) in [6.45, 7) is 3.21. The Morgan fingerprint density at radius 2 is 1.89 bits per heavy atom. The third-order valence-electron chi connectivity index (χ3n) is 3.40. The largest absolute Gasteiger partial charge is 0.456 e. The van der Waals surface area contributed by atoms with Crippen molar-refractivity contribution in [3.8, 4) is 0 Å². The van der Waals surface area contributed by atoms with Crippen LogP contribution in [0, 0.1) is 13.8 Å².